The van der Waals surface area contributed by atoms with Crippen molar-refractivity contribution in [2.24, 2.45) is 11.8 Å². The molecule has 0 aromatic rings. The highest BCUT2D eigenvalue weighted by atomic mass is 16.6. The molecule has 8 nitrogen and oxygen atoms in total. The Morgan fingerprint density at radius 1 is 0.679 bits per heavy atom. The third-order valence-electron chi connectivity index (χ3n) is 3.51. The number of esters is 4. The zero-order valence-corrected chi connectivity index (χ0v) is 17.2. The molecule has 0 aromatic heterocycles. The van der Waals surface area contributed by atoms with Gasteiger partial charge in [-0.3, -0.25) is 9.59 Å². The van der Waals surface area contributed by atoms with Crippen molar-refractivity contribution >= 4 is 23.9 Å². The van der Waals surface area contributed by atoms with Crippen molar-refractivity contribution in [3.63, 3.8) is 0 Å². The highest BCUT2D eigenvalue weighted by molar-refractivity contribution is 5.81. The van der Waals surface area contributed by atoms with Crippen LogP contribution in [0.3, 0.4) is 0 Å². The predicted molar refractivity (Wildman–Crippen MR) is 103 cm³/mol. The average molecular weight is 400 g/mol. The molecule has 0 saturated heterocycles. The lowest BCUT2D eigenvalue weighted by molar-refractivity contribution is -0.153. The van der Waals surface area contributed by atoms with Crippen LogP contribution in [0.25, 0.3) is 0 Å². The van der Waals surface area contributed by atoms with Crippen LogP contribution in [0.5, 0.6) is 0 Å². The van der Waals surface area contributed by atoms with E-state index in [4.69, 9.17) is 9.47 Å². The Kier molecular flexibility index (Phi) is 17.5. The zero-order valence-electron chi connectivity index (χ0n) is 17.2. The molecule has 0 rings (SSSR count). The van der Waals surface area contributed by atoms with Gasteiger partial charge < -0.3 is 18.9 Å². The van der Waals surface area contributed by atoms with E-state index in [1.807, 2.05) is 13.8 Å². The van der Waals surface area contributed by atoms with Gasteiger partial charge in [-0.25, -0.2) is 9.59 Å². The molecular weight excluding hydrogens is 368 g/mol. The molecule has 0 heterocycles. The van der Waals surface area contributed by atoms with Crippen LogP contribution in [-0.2, 0) is 38.1 Å². The summed E-state index contributed by atoms with van der Waals surface area (Å²) in [5, 5.41) is 0. The first-order valence-corrected chi connectivity index (χ1v) is 9.14. The van der Waals surface area contributed by atoms with Crippen LogP contribution in [-0.4, -0.2) is 50.3 Å². The van der Waals surface area contributed by atoms with E-state index in [9.17, 15) is 19.2 Å². The summed E-state index contributed by atoms with van der Waals surface area (Å²) in [6.45, 7) is 14.2. The highest BCUT2D eigenvalue weighted by Crippen LogP contribution is 2.03. The van der Waals surface area contributed by atoms with Gasteiger partial charge >= 0.3 is 23.9 Å². The van der Waals surface area contributed by atoms with Gasteiger partial charge in [0.15, 0.2) is 0 Å². The van der Waals surface area contributed by atoms with Crippen molar-refractivity contribution in [2.75, 3.05) is 26.4 Å². The lowest BCUT2D eigenvalue weighted by Gasteiger charge is -2.08. The monoisotopic (exact) mass is 400 g/mol. The molecular formula is C20H32O8. The maximum Gasteiger partial charge on any atom is 0.330 e. The van der Waals surface area contributed by atoms with Gasteiger partial charge in [-0.1, -0.05) is 40.9 Å². The number of hydrogen-bond acceptors (Lipinski definition) is 8. The molecule has 2 atom stereocenters. The normalized spacial score (nSPS) is 11.6. The number of rotatable bonds is 12. The van der Waals surface area contributed by atoms with Crippen molar-refractivity contribution in [1.82, 2.24) is 0 Å². The average Bonchev–Trinajstić information content (AvgIpc) is 2.72. The third-order valence-corrected chi connectivity index (χ3v) is 3.51. The van der Waals surface area contributed by atoms with E-state index >= 15 is 0 Å². The number of carbonyl (C=O) groups is 4. The summed E-state index contributed by atoms with van der Waals surface area (Å²) >= 11 is 0. The molecule has 0 aliphatic heterocycles. The van der Waals surface area contributed by atoms with Crippen molar-refractivity contribution in [2.45, 2.75) is 40.5 Å². The maximum atomic E-state index is 11.1. The van der Waals surface area contributed by atoms with Crippen LogP contribution in [0.2, 0.25) is 0 Å². The molecule has 0 N–H and O–H groups in total. The van der Waals surface area contributed by atoms with Gasteiger partial charge in [0.05, 0.1) is 11.8 Å². The first-order valence-electron chi connectivity index (χ1n) is 9.14. The summed E-state index contributed by atoms with van der Waals surface area (Å²) in [6.07, 6.45) is 3.61. The lowest BCUT2D eigenvalue weighted by Crippen LogP contribution is -2.17. The zero-order chi connectivity index (χ0) is 21.9. The van der Waals surface area contributed by atoms with Crippen molar-refractivity contribution < 1.29 is 38.1 Å². The Morgan fingerprint density at radius 2 is 0.964 bits per heavy atom. The summed E-state index contributed by atoms with van der Waals surface area (Å²) in [6, 6.07) is 0. The molecule has 0 saturated carbocycles. The van der Waals surface area contributed by atoms with Crippen LogP contribution in [0.15, 0.2) is 25.3 Å². The molecule has 0 spiro atoms. The summed E-state index contributed by atoms with van der Waals surface area (Å²) in [7, 11) is 0. The van der Waals surface area contributed by atoms with E-state index in [2.05, 4.69) is 22.6 Å². The highest BCUT2D eigenvalue weighted by Gasteiger charge is 2.12. The Morgan fingerprint density at radius 3 is 1.21 bits per heavy atom. The molecule has 8 heteroatoms. The van der Waals surface area contributed by atoms with E-state index in [0.717, 1.165) is 25.0 Å². The summed E-state index contributed by atoms with van der Waals surface area (Å²) < 4.78 is 18.9. The second-order valence-electron chi connectivity index (χ2n) is 5.70. The maximum absolute atomic E-state index is 11.1. The molecule has 0 aromatic carbocycles. The Labute approximate surface area is 166 Å². The second-order valence-corrected chi connectivity index (χ2v) is 5.70. The smallest absolute Gasteiger partial charge is 0.330 e. The first-order chi connectivity index (χ1) is 13.2. The first kappa shape index (κ1) is 27.6. The summed E-state index contributed by atoms with van der Waals surface area (Å²) in [4.78, 5) is 43.3. The number of ether oxygens (including phenoxy) is 4. The van der Waals surface area contributed by atoms with Crippen LogP contribution < -0.4 is 0 Å². The molecule has 0 amide bonds. The third kappa shape index (κ3) is 15.6. The van der Waals surface area contributed by atoms with Gasteiger partial charge in [-0.2, -0.15) is 0 Å². The Balaban J connectivity index is 0. The number of hydrogen-bond donors (Lipinski definition) is 0. The van der Waals surface area contributed by atoms with Crippen LogP contribution >= 0.6 is 0 Å². The fraction of sp³-hybridized carbons (Fsp3) is 0.600. The molecule has 0 aliphatic carbocycles. The topological polar surface area (TPSA) is 105 Å². The molecule has 0 aliphatic rings. The second kappa shape index (κ2) is 17.8. The van der Waals surface area contributed by atoms with E-state index in [1.165, 1.54) is 0 Å². The lowest BCUT2D eigenvalue weighted by atomic mass is 10.1. The molecule has 0 radical (unpaired) electrons. The van der Waals surface area contributed by atoms with E-state index in [-0.39, 0.29) is 50.2 Å². The van der Waals surface area contributed by atoms with E-state index in [1.54, 1.807) is 13.8 Å². The van der Waals surface area contributed by atoms with Crippen LogP contribution in [0.1, 0.15) is 40.5 Å². The quantitative estimate of drug-likeness (QED) is 0.213. The molecule has 2 unspecified atom stereocenters. The predicted octanol–water partition coefficient (Wildman–Crippen LogP) is 2.61. The Bertz CT molecular complexity index is 466. The van der Waals surface area contributed by atoms with Gasteiger partial charge in [-0.05, 0) is 12.8 Å². The Hall–Kier alpha value is -2.64. The van der Waals surface area contributed by atoms with Gasteiger partial charge in [0.2, 0.25) is 0 Å². The molecule has 160 valence electrons. The minimum absolute atomic E-state index is 0.0764. The fourth-order valence-corrected chi connectivity index (χ4v) is 1.30. The van der Waals surface area contributed by atoms with Gasteiger partial charge in [0, 0.05) is 12.2 Å². The molecule has 0 fully saturated rings. The molecule has 0 bridgehead atoms. The van der Waals surface area contributed by atoms with Crippen molar-refractivity contribution in [1.29, 1.82) is 0 Å². The van der Waals surface area contributed by atoms with Gasteiger partial charge in [0.1, 0.15) is 26.4 Å². The van der Waals surface area contributed by atoms with Gasteiger partial charge in [-0.15, -0.1) is 0 Å². The van der Waals surface area contributed by atoms with E-state index < -0.39 is 11.9 Å². The van der Waals surface area contributed by atoms with Gasteiger partial charge in [0.25, 0.3) is 0 Å². The standard InChI is InChI=1S/2C10H16O4/c2*1-4-8(3)10(12)14-7-6-13-9(11)5-2/h2*5,8H,2,4,6-7H2,1,3H3. The van der Waals surface area contributed by atoms with Crippen LogP contribution in [0, 0.1) is 11.8 Å². The summed E-state index contributed by atoms with van der Waals surface area (Å²) in [5.41, 5.74) is 0. The number of carbonyl (C=O) groups excluding carboxylic acids is 4. The minimum Gasteiger partial charge on any atom is -0.462 e. The minimum atomic E-state index is -0.510. The SMILES string of the molecule is C=CC(=O)OCCOC(=O)C(C)CC.C=CC(=O)OCCOC(=O)C(C)CC. The molecule has 28 heavy (non-hydrogen) atoms. The van der Waals surface area contributed by atoms with Crippen molar-refractivity contribution in [3.05, 3.63) is 25.3 Å². The van der Waals surface area contributed by atoms with Crippen LogP contribution in [0.4, 0.5) is 0 Å². The largest absolute Gasteiger partial charge is 0.462 e. The fourth-order valence-electron chi connectivity index (χ4n) is 1.30. The summed E-state index contributed by atoms with van der Waals surface area (Å²) in [5.74, 6) is -1.76. The van der Waals surface area contributed by atoms with E-state index in [0.29, 0.717) is 0 Å². The van der Waals surface area contributed by atoms with Crippen molar-refractivity contribution in [3.8, 4) is 0 Å².